The number of halogens is 2. The molecule has 0 unspecified atom stereocenters. The van der Waals surface area contributed by atoms with E-state index in [-0.39, 0.29) is 16.7 Å². The van der Waals surface area contributed by atoms with E-state index >= 15 is 0 Å². The van der Waals surface area contributed by atoms with Crippen molar-refractivity contribution in [1.82, 2.24) is 4.31 Å². The van der Waals surface area contributed by atoms with Crippen LogP contribution in [0.3, 0.4) is 0 Å². The van der Waals surface area contributed by atoms with Crippen LogP contribution >= 0.6 is 27.5 Å². The second-order valence-electron chi connectivity index (χ2n) is 6.10. The van der Waals surface area contributed by atoms with Gasteiger partial charge in [-0.2, -0.15) is 4.31 Å². The maximum Gasteiger partial charge on any atom is 0.243 e. The molecule has 0 aromatic heterocycles. The van der Waals surface area contributed by atoms with Crippen molar-refractivity contribution in [1.29, 1.82) is 0 Å². The van der Waals surface area contributed by atoms with Gasteiger partial charge in [0.25, 0.3) is 0 Å². The first-order chi connectivity index (χ1) is 12.4. The Balaban J connectivity index is 1.62. The molecule has 2 aromatic carbocycles. The number of amides is 1. The molecule has 1 heterocycles. The maximum atomic E-state index is 12.6. The molecule has 0 bridgehead atoms. The third-order valence-electron chi connectivity index (χ3n) is 4.39. The number of sulfonamides is 1. The van der Waals surface area contributed by atoms with Gasteiger partial charge in [-0.1, -0.05) is 45.7 Å². The number of anilines is 1. The Hall–Kier alpha value is -1.41. The fourth-order valence-electron chi connectivity index (χ4n) is 2.93. The highest BCUT2D eigenvalue weighted by Gasteiger charge is 2.32. The van der Waals surface area contributed by atoms with E-state index in [0.29, 0.717) is 36.6 Å². The molecular weight excluding hydrogens is 440 g/mol. The van der Waals surface area contributed by atoms with E-state index in [1.54, 1.807) is 48.5 Å². The molecule has 0 saturated carbocycles. The summed E-state index contributed by atoms with van der Waals surface area (Å²) in [6.45, 7) is 0.646. The zero-order valence-corrected chi connectivity index (χ0v) is 17.0. The van der Waals surface area contributed by atoms with Gasteiger partial charge in [-0.15, -0.1) is 0 Å². The molecule has 3 rings (SSSR count). The first-order valence-electron chi connectivity index (χ1n) is 8.19. The normalized spacial score (nSPS) is 16.4. The van der Waals surface area contributed by atoms with Crippen molar-refractivity contribution < 1.29 is 13.2 Å². The molecule has 1 fully saturated rings. The van der Waals surface area contributed by atoms with E-state index in [2.05, 4.69) is 21.2 Å². The van der Waals surface area contributed by atoms with Crippen LogP contribution in [-0.2, 0) is 14.8 Å². The number of hydrogen-bond acceptors (Lipinski definition) is 3. The quantitative estimate of drug-likeness (QED) is 0.750. The Labute approximate surface area is 166 Å². The molecular formula is C18H18BrClN2O3S. The van der Waals surface area contributed by atoms with Gasteiger partial charge in [-0.3, -0.25) is 4.79 Å². The lowest BCUT2D eigenvalue weighted by molar-refractivity contribution is -0.120. The Kier molecular flexibility index (Phi) is 6.02. The smallest absolute Gasteiger partial charge is 0.243 e. The highest BCUT2D eigenvalue weighted by Crippen LogP contribution is 2.28. The maximum absolute atomic E-state index is 12.6. The van der Waals surface area contributed by atoms with Gasteiger partial charge >= 0.3 is 0 Å². The van der Waals surface area contributed by atoms with Gasteiger partial charge in [0.15, 0.2) is 0 Å². The van der Waals surface area contributed by atoms with Crippen LogP contribution in [0.5, 0.6) is 0 Å². The van der Waals surface area contributed by atoms with E-state index < -0.39 is 10.0 Å². The average Bonchev–Trinajstić information content (AvgIpc) is 2.65. The molecule has 8 heteroatoms. The predicted molar refractivity (Wildman–Crippen MR) is 106 cm³/mol. The highest BCUT2D eigenvalue weighted by atomic mass is 79.9. The van der Waals surface area contributed by atoms with Crippen molar-refractivity contribution in [2.24, 2.45) is 5.92 Å². The molecule has 2 aromatic rings. The third-order valence-corrected chi connectivity index (χ3v) is 7.11. The van der Waals surface area contributed by atoms with Crippen LogP contribution < -0.4 is 5.32 Å². The summed E-state index contributed by atoms with van der Waals surface area (Å²) in [5.74, 6) is -0.372. The summed E-state index contributed by atoms with van der Waals surface area (Å²) in [6, 6.07) is 13.6. The number of nitrogens with one attached hydrogen (secondary N) is 1. The summed E-state index contributed by atoms with van der Waals surface area (Å²) in [6.07, 6.45) is 0.956. The van der Waals surface area contributed by atoms with E-state index in [0.717, 1.165) is 4.47 Å². The largest absolute Gasteiger partial charge is 0.325 e. The molecule has 0 atom stereocenters. The second-order valence-corrected chi connectivity index (χ2v) is 9.37. The second kappa shape index (κ2) is 8.08. The minimum absolute atomic E-state index is 0.133. The monoisotopic (exact) mass is 456 g/mol. The van der Waals surface area contributed by atoms with Crippen LogP contribution in [0.25, 0.3) is 0 Å². The van der Waals surface area contributed by atoms with E-state index in [9.17, 15) is 13.2 Å². The van der Waals surface area contributed by atoms with Gasteiger partial charge in [0.2, 0.25) is 15.9 Å². The molecule has 1 N–H and O–H groups in total. The molecule has 1 saturated heterocycles. The Morgan fingerprint density at radius 2 is 1.77 bits per heavy atom. The van der Waals surface area contributed by atoms with Gasteiger partial charge in [-0.05, 0) is 43.2 Å². The molecule has 138 valence electrons. The fraction of sp³-hybridized carbons (Fsp3) is 0.278. The van der Waals surface area contributed by atoms with E-state index in [4.69, 9.17) is 11.6 Å². The summed E-state index contributed by atoms with van der Waals surface area (Å²) in [5.41, 5.74) is 0.555. The standard InChI is InChI=1S/C18H18BrClN2O3S/c19-14-6-7-17(16(20)12-14)21-18(23)13-8-10-22(11-9-13)26(24,25)15-4-2-1-3-5-15/h1-7,12-13H,8-11H2,(H,21,23). The first kappa shape index (κ1) is 19.4. The lowest BCUT2D eigenvalue weighted by Gasteiger charge is -2.30. The Morgan fingerprint density at radius 1 is 1.12 bits per heavy atom. The van der Waals surface area contributed by atoms with Crippen molar-refractivity contribution in [2.45, 2.75) is 17.7 Å². The number of rotatable bonds is 4. The molecule has 0 spiro atoms. The lowest BCUT2D eigenvalue weighted by atomic mass is 9.97. The van der Waals surface area contributed by atoms with E-state index in [1.165, 1.54) is 4.31 Å². The van der Waals surface area contributed by atoms with Gasteiger partial charge in [0.1, 0.15) is 0 Å². The minimum atomic E-state index is -3.51. The Bertz CT molecular complexity index is 898. The minimum Gasteiger partial charge on any atom is -0.325 e. The summed E-state index contributed by atoms with van der Waals surface area (Å²) in [4.78, 5) is 12.8. The van der Waals surface area contributed by atoms with Crippen LogP contribution in [0.1, 0.15) is 12.8 Å². The number of benzene rings is 2. The predicted octanol–water partition coefficient (Wildman–Crippen LogP) is 4.14. The van der Waals surface area contributed by atoms with Crippen LogP contribution in [-0.4, -0.2) is 31.7 Å². The zero-order chi connectivity index (χ0) is 18.7. The van der Waals surface area contributed by atoms with Crippen LogP contribution in [0.15, 0.2) is 57.9 Å². The van der Waals surface area contributed by atoms with Crippen molar-refractivity contribution in [3.8, 4) is 0 Å². The average molecular weight is 458 g/mol. The van der Waals surface area contributed by atoms with Crippen molar-refractivity contribution in [2.75, 3.05) is 18.4 Å². The SMILES string of the molecule is O=C(Nc1ccc(Br)cc1Cl)C1CCN(S(=O)(=O)c2ccccc2)CC1. The van der Waals surface area contributed by atoms with Gasteiger partial charge in [0, 0.05) is 23.5 Å². The Morgan fingerprint density at radius 3 is 2.38 bits per heavy atom. The van der Waals surface area contributed by atoms with Crippen molar-refractivity contribution in [3.05, 3.63) is 58.0 Å². The fourth-order valence-corrected chi connectivity index (χ4v) is 5.14. The molecule has 5 nitrogen and oxygen atoms in total. The molecule has 26 heavy (non-hydrogen) atoms. The topological polar surface area (TPSA) is 66.5 Å². The number of hydrogen-bond donors (Lipinski definition) is 1. The number of carbonyl (C=O) groups is 1. The van der Waals surface area contributed by atoms with Gasteiger partial charge in [-0.25, -0.2) is 8.42 Å². The van der Waals surface area contributed by atoms with Crippen LogP contribution in [0.2, 0.25) is 5.02 Å². The summed E-state index contributed by atoms with van der Waals surface area (Å²) >= 11 is 9.46. The van der Waals surface area contributed by atoms with Crippen LogP contribution in [0.4, 0.5) is 5.69 Å². The summed E-state index contributed by atoms with van der Waals surface area (Å²) in [5, 5.41) is 3.29. The molecule has 0 aliphatic carbocycles. The van der Waals surface area contributed by atoms with E-state index in [1.807, 2.05) is 0 Å². The van der Waals surface area contributed by atoms with Crippen LogP contribution in [0, 0.1) is 5.92 Å². The highest BCUT2D eigenvalue weighted by molar-refractivity contribution is 9.10. The first-order valence-corrected chi connectivity index (χ1v) is 10.8. The van der Waals surface area contributed by atoms with Crippen molar-refractivity contribution in [3.63, 3.8) is 0 Å². The van der Waals surface area contributed by atoms with Gasteiger partial charge < -0.3 is 5.32 Å². The molecule has 1 aliphatic heterocycles. The zero-order valence-electron chi connectivity index (χ0n) is 13.9. The lowest BCUT2D eigenvalue weighted by Crippen LogP contribution is -2.41. The molecule has 0 radical (unpaired) electrons. The number of nitrogens with zero attached hydrogens (tertiary/aromatic N) is 1. The molecule has 1 amide bonds. The number of piperidine rings is 1. The third kappa shape index (κ3) is 4.28. The summed E-state index contributed by atoms with van der Waals surface area (Å²) in [7, 11) is -3.51. The van der Waals surface area contributed by atoms with Crippen molar-refractivity contribution >= 4 is 49.1 Å². The van der Waals surface area contributed by atoms with Gasteiger partial charge in [0.05, 0.1) is 15.6 Å². The molecule has 1 aliphatic rings. The summed E-state index contributed by atoms with van der Waals surface area (Å²) < 4.78 is 27.5. The number of carbonyl (C=O) groups excluding carboxylic acids is 1.